The lowest BCUT2D eigenvalue weighted by molar-refractivity contribution is -0.138. The number of rotatable bonds is 5. The number of carboxylic acids is 1. The Bertz CT molecular complexity index is 519. The Morgan fingerprint density at radius 3 is 2.55 bits per heavy atom. The first-order valence-corrected chi connectivity index (χ1v) is 6.02. The van der Waals surface area contributed by atoms with E-state index in [1.807, 2.05) is 0 Å². The molecule has 0 saturated carbocycles. The molecular formula is C13H15FN2O4. The Morgan fingerprint density at radius 2 is 2.00 bits per heavy atom. The van der Waals surface area contributed by atoms with E-state index < -0.39 is 23.7 Å². The third-order valence-electron chi connectivity index (χ3n) is 2.49. The number of hydrogen-bond donors (Lipinski definition) is 2. The maximum Gasteiger partial charge on any atom is 0.328 e. The van der Waals surface area contributed by atoms with E-state index >= 15 is 0 Å². The third-order valence-corrected chi connectivity index (χ3v) is 2.49. The average molecular weight is 282 g/mol. The summed E-state index contributed by atoms with van der Waals surface area (Å²) >= 11 is 0. The van der Waals surface area contributed by atoms with Crippen LogP contribution >= 0.6 is 0 Å². The molecule has 0 fully saturated rings. The summed E-state index contributed by atoms with van der Waals surface area (Å²) in [7, 11) is 0. The Morgan fingerprint density at radius 1 is 1.30 bits per heavy atom. The number of nitrogens with zero attached hydrogens (tertiary/aromatic N) is 1. The largest absolute Gasteiger partial charge is 0.481 e. The zero-order valence-corrected chi connectivity index (χ0v) is 10.9. The van der Waals surface area contributed by atoms with E-state index in [-0.39, 0.29) is 19.4 Å². The topological polar surface area (TPSA) is 86.7 Å². The van der Waals surface area contributed by atoms with Crippen LogP contribution in [0.15, 0.2) is 24.3 Å². The van der Waals surface area contributed by atoms with Gasteiger partial charge in [0.25, 0.3) is 0 Å². The van der Waals surface area contributed by atoms with Crippen LogP contribution in [-0.2, 0) is 9.59 Å². The van der Waals surface area contributed by atoms with Crippen molar-refractivity contribution in [3.63, 3.8) is 0 Å². The van der Waals surface area contributed by atoms with Crippen LogP contribution in [-0.4, -0.2) is 29.6 Å². The van der Waals surface area contributed by atoms with Crippen LogP contribution in [0.4, 0.5) is 14.9 Å². The first kappa shape index (κ1) is 15.6. The van der Waals surface area contributed by atoms with E-state index in [9.17, 15) is 18.8 Å². The molecule has 7 heteroatoms. The monoisotopic (exact) mass is 282 g/mol. The molecule has 0 heterocycles. The second-order valence-electron chi connectivity index (χ2n) is 3.97. The highest BCUT2D eigenvalue weighted by Gasteiger charge is 2.17. The molecule has 0 bridgehead atoms. The van der Waals surface area contributed by atoms with E-state index in [1.165, 1.54) is 29.2 Å². The van der Waals surface area contributed by atoms with Gasteiger partial charge >= 0.3 is 12.0 Å². The lowest BCUT2D eigenvalue weighted by Gasteiger charge is -2.20. The van der Waals surface area contributed by atoms with Gasteiger partial charge in [0.05, 0.1) is 6.42 Å². The predicted molar refractivity (Wildman–Crippen MR) is 69.8 cm³/mol. The lowest BCUT2D eigenvalue weighted by atomic mass is 10.3. The van der Waals surface area contributed by atoms with Gasteiger partial charge in [-0.25, -0.2) is 9.18 Å². The van der Waals surface area contributed by atoms with Crippen LogP contribution in [0.5, 0.6) is 0 Å². The van der Waals surface area contributed by atoms with Crippen molar-refractivity contribution in [2.75, 3.05) is 11.4 Å². The van der Waals surface area contributed by atoms with Gasteiger partial charge in [-0.3, -0.25) is 19.8 Å². The van der Waals surface area contributed by atoms with Crippen LogP contribution in [0.25, 0.3) is 0 Å². The van der Waals surface area contributed by atoms with Crippen LogP contribution < -0.4 is 10.2 Å². The van der Waals surface area contributed by atoms with Gasteiger partial charge in [-0.15, -0.1) is 0 Å². The Kier molecular flexibility index (Phi) is 5.64. The van der Waals surface area contributed by atoms with Crippen molar-refractivity contribution in [1.82, 2.24) is 5.32 Å². The van der Waals surface area contributed by atoms with Crippen molar-refractivity contribution in [3.05, 3.63) is 30.1 Å². The minimum Gasteiger partial charge on any atom is -0.481 e. The van der Waals surface area contributed by atoms with Gasteiger partial charge in [-0.05, 0) is 25.1 Å². The molecule has 0 spiro atoms. The summed E-state index contributed by atoms with van der Waals surface area (Å²) in [5, 5.41) is 10.5. The van der Waals surface area contributed by atoms with Crippen molar-refractivity contribution >= 4 is 23.6 Å². The number of hydrogen-bond acceptors (Lipinski definition) is 3. The fourth-order valence-corrected chi connectivity index (χ4v) is 1.56. The van der Waals surface area contributed by atoms with Gasteiger partial charge in [0.2, 0.25) is 5.91 Å². The number of carboxylic acid groups (broad SMARTS) is 1. The number of nitrogens with one attached hydrogen (secondary N) is 1. The van der Waals surface area contributed by atoms with Crippen LogP contribution in [0, 0.1) is 5.82 Å². The van der Waals surface area contributed by atoms with E-state index in [2.05, 4.69) is 5.32 Å². The minimum atomic E-state index is -1.12. The number of imide groups is 1. The lowest BCUT2D eigenvalue weighted by Crippen LogP contribution is -2.43. The number of halogens is 1. The van der Waals surface area contributed by atoms with Gasteiger partial charge in [-0.2, -0.15) is 0 Å². The fraction of sp³-hybridized carbons (Fsp3) is 0.308. The van der Waals surface area contributed by atoms with Crippen LogP contribution in [0.1, 0.15) is 19.8 Å². The Labute approximate surface area is 115 Å². The zero-order valence-electron chi connectivity index (χ0n) is 10.9. The molecule has 6 nitrogen and oxygen atoms in total. The van der Waals surface area contributed by atoms with E-state index in [0.29, 0.717) is 5.69 Å². The smallest absolute Gasteiger partial charge is 0.328 e. The number of carbonyl (C=O) groups excluding carboxylic acids is 2. The van der Waals surface area contributed by atoms with Gasteiger partial charge in [0, 0.05) is 18.7 Å². The Hall–Kier alpha value is -2.44. The molecule has 1 rings (SSSR count). The molecule has 3 amide bonds. The Balaban J connectivity index is 2.68. The fourth-order valence-electron chi connectivity index (χ4n) is 1.56. The van der Waals surface area contributed by atoms with Gasteiger partial charge in [0.15, 0.2) is 0 Å². The number of urea groups is 1. The van der Waals surface area contributed by atoms with Crippen molar-refractivity contribution < 1.29 is 23.9 Å². The summed E-state index contributed by atoms with van der Waals surface area (Å²) in [5.41, 5.74) is 0.316. The molecule has 1 aromatic carbocycles. The second kappa shape index (κ2) is 7.22. The summed E-state index contributed by atoms with van der Waals surface area (Å²) in [6, 6.07) is 4.69. The van der Waals surface area contributed by atoms with Crippen molar-refractivity contribution in [1.29, 1.82) is 0 Å². The molecule has 0 aromatic heterocycles. The van der Waals surface area contributed by atoms with Crippen LogP contribution in [0.2, 0.25) is 0 Å². The van der Waals surface area contributed by atoms with E-state index in [0.717, 1.165) is 0 Å². The van der Waals surface area contributed by atoms with Crippen molar-refractivity contribution in [2.24, 2.45) is 0 Å². The minimum absolute atomic E-state index is 0.238. The molecule has 0 atom stereocenters. The number of amides is 3. The number of carbonyl (C=O) groups is 3. The molecule has 0 aliphatic rings. The highest BCUT2D eigenvalue weighted by atomic mass is 19.1. The summed E-state index contributed by atoms with van der Waals surface area (Å²) in [4.78, 5) is 34.7. The highest BCUT2D eigenvalue weighted by Crippen LogP contribution is 2.15. The predicted octanol–water partition coefficient (Wildman–Crippen LogP) is 1.75. The normalized spacial score (nSPS) is 9.90. The SMILES string of the molecule is CCN(C(=O)NC(=O)CCC(=O)O)c1cccc(F)c1. The highest BCUT2D eigenvalue weighted by molar-refractivity contribution is 6.03. The maximum atomic E-state index is 13.1. The van der Waals surface area contributed by atoms with Crippen molar-refractivity contribution in [2.45, 2.75) is 19.8 Å². The van der Waals surface area contributed by atoms with Crippen LogP contribution in [0.3, 0.4) is 0 Å². The first-order chi connectivity index (χ1) is 9.43. The average Bonchev–Trinajstić information content (AvgIpc) is 2.37. The quantitative estimate of drug-likeness (QED) is 0.861. The first-order valence-electron chi connectivity index (χ1n) is 6.02. The molecule has 0 radical (unpaired) electrons. The molecule has 2 N–H and O–H groups in total. The molecule has 1 aromatic rings. The number of benzene rings is 1. The number of aliphatic carboxylic acids is 1. The third kappa shape index (κ3) is 4.68. The summed E-state index contributed by atoms with van der Waals surface area (Å²) in [6.07, 6.45) is -0.646. The molecule has 0 saturated heterocycles. The number of anilines is 1. The molecular weight excluding hydrogens is 267 g/mol. The van der Waals surface area contributed by atoms with Gasteiger partial charge < -0.3 is 5.11 Å². The molecule has 108 valence electrons. The molecule has 0 aliphatic heterocycles. The molecule has 0 unspecified atom stereocenters. The standard InChI is InChI=1S/C13H15FN2O4/c1-2-16(10-5-3-4-9(14)8-10)13(20)15-11(17)6-7-12(18)19/h3-5,8H,2,6-7H2,1H3,(H,18,19)(H,15,17,20). The van der Waals surface area contributed by atoms with E-state index in [4.69, 9.17) is 5.11 Å². The second-order valence-corrected chi connectivity index (χ2v) is 3.97. The van der Waals surface area contributed by atoms with E-state index in [1.54, 1.807) is 6.92 Å². The maximum absolute atomic E-state index is 13.1. The summed E-state index contributed by atoms with van der Waals surface area (Å²) in [5.74, 6) is -2.30. The molecule has 20 heavy (non-hydrogen) atoms. The summed E-state index contributed by atoms with van der Waals surface area (Å²) in [6.45, 7) is 1.91. The molecule has 0 aliphatic carbocycles. The van der Waals surface area contributed by atoms with Gasteiger partial charge in [-0.1, -0.05) is 6.07 Å². The van der Waals surface area contributed by atoms with Gasteiger partial charge in [0.1, 0.15) is 5.82 Å². The summed E-state index contributed by atoms with van der Waals surface area (Å²) < 4.78 is 13.1. The zero-order chi connectivity index (χ0) is 15.1. The van der Waals surface area contributed by atoms with Crippen molar-refractivity contribution in [3.8, 4) is 0 Å².